The van der Waals surface area contributed by atoms with Crippen LogP contribution in [-0.2, 0) is 14.4 Å². The molecule has 11 nitrogen and oxygen atoms in total. The molecule has 25 heavy (non-hydrogen) atoms. The summed E-state index contributed by atoms with van der Waals surface area (Å²) in [6.45, 7) is 0.000725. The largest absolute Gasteiger partial charge is 0.480 e. The summed E-state index contributed by atoms with van der Waals surface area (Å²) in [5, 5.41) is 20.6. The number of aliphatic hydroxyl groups is 1. The first-order chi connectivity index (χ1) is 11.8. The van der Waals surface area contributed by atoms with E-state index in [1.165, 1.54) is 4.90 Å². The number of nitrogens with one attached hydrogen (secondary N) is 1. The van der Waals surface area contributed by atoms with Crippen molar-refractivity contribution >= 4 is 23.7 Å². The van der Waals surface area contributed by atoms with Gasteiger partial charge in [0.25, 0.3) is 0 Å². The van der Waals surface area contributed by atoms with Crippen molar-refractivity contribution in [3.8, 4) is 0 Å². The van der Waals surface area contributed by atoms with Crippen molar-refractivity contribution in [3.63, 3.8) is 0 Å². The van der Waals surface area contributed by atoms with Crippen molar-refractivity contribution in [2.24, 2.45) is 22.2 Å². The number of aliphatic imine (C=N–C) groups is 1. The maximum Gasteiger partial charge on any atom is 0.326 e. The number of amides is 2. The summed E-state index contributed by atoms with van der Waals surface area (Å²) in [6, 6.07) is -3.03. The number of carbonyl (C=O) groups excluding carboxylic acids is 2. The highest BCUT2D eigenvalue weighted by atomic mass is 16.4. The molecule has 0 bridgehead atoms. The van der Waals surface area contributed by atoms with Crippen molar-refractivity contribution in [1.29, 1.82) is 0 Å². The molecule has 9 N–H and O–H groups in total. The summed E-state index contributed by atoms with van der Waals surface area (Å²) < 4.78 is 0. The molecular weight excluding hydrogens is 332 g/mol. The standard InChI is InChI=1S/C14H26N6O5/c15-8(7-21)11(22)19-9(3-1-5-18-14(16)17)12(23)20-6-2-4-10(20)13(24)25/h8-10,21H,1-7,15H2,(H,19,22)(H,24,25)(H4,16,17,18)/t8-,9-,10-/m0/s1. The third kappa shape index (κ3) is 6.19. The van der Waals surface area contributed by atoms with Gasteiger partial charge in [-0.1, -0.05) is 0 Å². The summed E-state index contributed by atoms with van der Waals surface area (Å²) in [6.07, 6.45) is 1.55. The Balaban J connectivity index is 2.80. The SMILES string of the molecule is NC(N)=NCCC[C@H](NC(=O)[C@@H](N)CO)C(=O)N1CCC[C@H]1C(=O)O. The van der Waals surface area contributed by atoms with Crippen molar-refractivity contribution in [2.45, 2.75) is 43.8 Å². The van der Waals surface area contributed by atoms with Gasteiger partial charge in [0, 0.05) is 13.1 Å². The van der Waals surface area contributed by atoms with Gasteiger partial charge in [0.15, 0.2) is 5.96 Å². The minimum Gasteiger partial charge on any atom is -0.480 e. The van der Waals surface area contributed by atoms with Crippen molar-refractivity contribution < 1.29 is 24.6 Å². The van der Waals surface area contributed by atoms with E-state index < -0.39 is 42.5 Å². The van der Waals surface area contributed by atoms with E-state index in [1.54, 1.807) is 0 Å². The Morgan fingerprint density at radius 3 is 2.56 bits per heavy atom. The molecule has 11 heteroatoms. The Labute approximate surface area is 145 Å². The molecule has 0 saturated carbocycles. The Hall–Kier alpha value is -2.40. The minimum absolute atomic E-state index is 0.0836. The number of carboxylic acid groups (broad SMARTS) is 1. The van der Waals surface area contributed by atoms with E-state index >= 15 is 0 Å². The predicted octanol–water partition coefficient (Wildman–Crippen LogP) is -3.08. The van der Waals surface area contributed by atoms with Gasteiger partial charge < -0.3 is 37.6 Å². The monoisotopic (exact) mass is 358 g/mol. The fourth-order valence-electron chi connectivity index (χ4n) is 2.61. The second-order valence-electron chi connectivity index (χ2n) is 5.83. The topological polar surface area (TPSA) is 197 Å². The van der Waals surface area contributed by atoms with Crippen LogP contribution in [0.15, 0.2) is 4.99 Å². The number of guanidine groups is 1. The lowest BCUT2D eigenvalue weighted by molar-refractivity contribution is -0.149. The number of nitrogens with two attached hydrogens (primary N) is 3. The molecule has 0 aromatic carbocycles. The summed E-state index contributed by atoms with van der Waals surface area (Å²) in [5.41, 5.74) is 15.9. The first-order valence-corrected chi connectivity index (χ1v) is 8.03. The lowest BCUT2D eigenvalue weighted by atomic mass is 10.1. The van der Waals surface area contributed by atoms with Gasteiger partial charge in [-0.05, 0) is 25.7 Å². The van der Waals surface area contributed by atoms with Crippen LogP contribution in [0.5, 0.6) is 0 Å². The lowest BCUT2D eigenvalue weighted by Gasteiger charge is -2.27. The average molecular weight is 358 g/mol. The smallest absolute Gasteiger partial charge is 0.326 e. The molecule has 0 spiro atoms. The van der Waals surface area contributed by atoms with Crippen LogP contribution in [0, 0.1) is 0 Å². The number of rotatable bonds is 9. The first-order valence-electron chi connectivity index (χ1n) is 8.03. The third-order valence-electron chi connectivity index (χ3n) is 3.91. The zero-order chi connectivity index (χ0) is 19.0. The minimum atomic E-state index is -1.16. The molecule has 1 fully saturated rings. The van der Waals surface area contributed by atoms with Crippen LogP contribution in [0.3, 0.4) is 0 Å². The lowest BCUT2D eigenvalue weighted by Crippen LogP contribution is -2.55. The van der Waals surface area contributed by atoms with Gasteiger partial charge in [0.2, 0.25) is 11.8 Å². The number of likely N-dealkylation sites (tertiary alicyclic amines) is 1. The highest BCUT2D eigenvalue weighted by Crippen LogP contribution is 2.19. The molecule has 1 heterocycles. The summed E-state index contributed by atoms with van der Waals surface area (Å²) in [7, 11) is 0. The summed E-state index contributed by atoms with van der Waals surface area (Å²) in [5.74, 6) is -2.34. The number of nitrogens with zero attached hydrogens (tertiary/aromatic N) is 2. The number of carbonyl (C=O) groups is 3. The maximum absolute atomic E-state index is 12.7. The van der Waals surface area contributed by atoms with Crippen LogP contribution in [0.4, 0.5) is 0 Å². The van der Waals surface area contributed by atoms with E-state index in [0.29, 0.717) is 25.8 Å². The van der Waals surface area contributed by atoms with Gasteiger partial charge in [-0.3, -0.25) is 14.6 Å². The van der Waals surface area contributed by atoms with Gasteiger partial charge in [0.05, 0.1) is 6.61 Å². The third-order valence-corrected chi connectivity index (χ3v) is 3.91. The van der Waals surface area contributed by atoms with Crippen LogP contribution < -0.4 is 22.5 Å². The van der Waals surface area contributed by atoms with Crippen LogP contribution in [0.2, 0.25) is 0 Å². The molecule has 1 saturated heterocycles. The van der Waals surface area contributed by atoms with E-state index in [2.05, 4.69) is 10.3 Å². The van der Waals surface area contributed by atoms with Crippen molar-refractivity contribution in [3.05, 3.63) is 0 Å². The molecule has 3 atom stereocenters. The molecule has 0 aromatic heterocycles. The van der Waals surface area contributed by atoms with Crippen LogP contribution in [0.25, 0.3) is 0 Å². The van der Waals surface area contributed by atoms with Crippen LogP contribution in [-0.4, -0.2) is 76.7 Å². The van der Waals surface area contributed by atoms with E-state index in [-0.39, 0.29) is 18.9 Å². The van der Waals surface area contributed by atoms with Gasteiger partial charge in [0.1, 0.15) is 18.1 Å². The highest BCUT2D eigenvalue weighted by Gasteiger charge is 2.37. The average Bonchev–Trinajstić information content (AvgIpc) is 3.05. The molecule has 0 radical (unpaired) electrons. The number of aliphatic hydroxyl groups excluding tert-OH is 1. The maximum atomic E-state index is 12.7. The number of aliphatic carboxylic acids is 1. The number of hydrogen-bond donors (Lipinski definition) is 6. The molecule has 142 valence electrons. The quantitative estimate of drug-likeness (QED) is 0.142. The molecular formula is C14H26N6O5. The Bertz CT molecular complexity index is 522. The molecule has 1 aliphatic rings. The van der Waals surface area contributed by atoms with Crippen molar-refractivity contribution in [1.82, 2.24) is 10.2 Å². The second-order valence-corrected chi connectivity index (χ2v) is 5.83. The van der Waals surface area contributed by atoms with Gasteiger partial charge >= 0.3 is 5.97 Å². The van der Waals surface area contributed by atoms with Gasteiger partial charge in [-0.2, -0.15) is 0 Å². The van der Waals surface area contributed by atoms with Gasteiger partial charge in [-0.25, -0.2) is 4.79 Å². The number of hydrogen-bond acceptors (Lipinski definition) is 6. The summed E-state index contributed by atoms with van der Waals surface area (Å²) >= 11 is 0. The molecule has 0 aliphatic carbocycles. The second kappa shape index (κ2) is 9.79. The molecule has 0 unspecified atom stereocenters. The highest BCUT2D eigenvalue weighted by molar-refractivity contribution is 5.92. The Morgan fingerprint density at radius 2 is 2.00 bits per heavy atom. The Kier molecular flexibility index (Phi) is 8.08. The number of carboxylic acids is 1. The Morgan fingerprint density at radius 1 is 1.32 bits per heavy atom. The first kappa shape index (κ1) is 20.6. The van der Waals surface area contributed by atoms with Crippen LogP contribution >= 0.6 is 0 Å². The van der Waals surface area contributed by atoms with Gasteiger partial charge in [-0.15, -0.1) is 0 Å². The fraction of sp³-hybridized carbons (Fsp3) is 0.714. The van der Waals surface area contributed by atoms with E-state index in [0.717, 1.165) is 0 Å². The molecule has 2 amide bonds. The molecule has 1 aliphatic heterocycles. The van der Waals surface area contributed by atoms with Crippen molar-refractivity contribution in [2.75, 3.05) is 19.7 Å². The van der Waals surface area contributed by atoms with E-state index in [1.807, 2.05) is 0 Å². The normalized spacial score (nSPS) is 19.1. The van der Waals surface area contributed by atoms with E-state index in [9.17, 15) is 19.5 Å². The molecule has 1 rings (SSSR count). The van der Waals surface area contributed by atoms with E-state index in [4.69, 9.17) is 22.3 Å². The molecule has 0 aromatic rings. The zero-order valence-corrected chi connectivity index (χ0v) is 13.9. The predicted molar refractivity (Wildman–Crippen MR) is 89.3 cm³/mol. The van der Waals surface area contributed by atoms with Crippen LogP contribution in [0.1, 0.15) is 25.7 Å². The summed E-state index contributed by atoms with van der Waals surface area (Å²) in [4.78, 5) is 40.9. The fourth-order valence-corrected chi connectivity index (χ4v) is 2.61. The zero-order valence-electron chi connectivity index (χ0n) is 13.9.